The van der Waals surface area contributed by atoms with Gasteiger partial charge in [0.05, 0.1) is 13.2 Å². The molecule has 1 aliphatic heterocycles. The molecule has 3 aliphatic rings. The van der Waals surface area contributed by atoms with Crippen molar-refractivity contribution < 1.29 is 9.47 Å². The van der Waals surface area contributed by atoms with Gasteiger partial charge in [-0.25, -0.2) is 0 Å². The van der Waals surface area contributed by atoms with E-state index in [-0.39, 0.29) is 0 Å². The number of halogens is 1. The molecule has 3 heteroatoms. The third-order valence-electron chi connectivity index (χ3n) is 6.10. The van der Waals surface area contributed by atoms with Crippen LogP contribution in [0.15, 0.2) is 64.7 Å². The third kappa shape index (κ3) is 2.96. The molecule has 2 nitrogen and oxygen atoms in total. The third-order valence-corrected chi connectivity index (χ3v) is 6.59. The van der Waals surface area contributed by atoms with Gasteiger partial charge in [-0.3, -0.25) is 0 Å². The van der Waals surface area contributed by atoms with Crippen molar-refractivity contribution in [3.63, 3.8) is 0 Å². The molecule has 0 radical (unpaired) electrons. The summed E-state index contributed by atoms with van der Waals surface area (Å²) in [5, 5.41) is 0. The Kier molecular flexibility index (Phi) is 4.27. The van der Waals surface area contributed by atoms with Gasteiger partial charge in [0.1, 0.15) is 0 Å². The lowest BCUT2D eigenvalue weighted by Gasteiger charge is -2.45. The molecule has 0 N–H and O–H groups in total. The molecule has 1 saturated carbocycles. The predicted molar refractivity (Wildman–Crippen MR) is 106 cm³/mol. The van der Waals surface area contributed by atoms with E-state index in [0.717, 1.165) is 38.9 Å². The molecule has 26 heavy (non-hydrogen) atoms. The Bertz CT molecular complexity index is 837. The molecule has 2 aromatic rings. The van der Waals surface area contributed by atoms with Crippen molar-refractivity contribution in [2.45, 2.75) is 37.4 Å². The molecular weight excluding hydrogens is 388 g/mol. The molecule has 1 spiro atoms. The van der Waals surface area contributed by atoms with Crippen LogP contribution in [-0.4, -0.2) is 19.0 Å². The van der Waals surface area contributed by atoms with Crippen LogP contribution in [0.4, 0.5) is 0 Å². The van der Waals surface area contributed by atoms with E-state index >= 15 is 0 Å². The lowest BCUT2D eigenvalue weighted by Crippen LogP contribution is -2.42. The van der Waals surface area contributed by atoms with Crippen LogP contribution in [0.2, 0.25) is 0 Å². The second-order valence-corrected chi connectivity index (χ2v) is 8.66. The molecule has 0 bridgehead atoms. The van der Waals surface area contributed by atoms with Gasteiger partial charge in [-0.05, 0) is 47.6 Å². The van der Waals surface area contributed by atoms with E-state index in [1.54, 1.807) is 0 Å². The minimum Gasteiger partial charge on any atom is -0.347 e. The predicted octanol–water partition coefficient (Wildman–Crippen LogP) is 5.41. The van der Waals surface area contributed by atoms with Crippen LogP contribution >= 0.6 is 15.9 Å². The molecule has 0 amide bonds. The smallest absolute Gasteiger partial charge is 0.172 e. The van der Waals surface area contributed by atoms with Crippen molar-refractivity contribution >= 4 is 15.9 Å². The van der Waals surface area contributed by atoms with E-state index in [9.17, 15) is 0 Å². The zero-order valence-electron chi connectivity index (χ0n) is 14.8. The van der Waals surface area contributed by atoms with Crippen molar-refractivity contribution in [2.24, 2.45) is 5.92 Å². The first-order chi connectivity index (χ1) is 12.7. The van der Waals surface area contributed by atoms with E-state index < -0.39 is 5.79 Å². The van der Waals surface area contributed by atoms with E-state index in [1.165, 1.54) is 26.7 Å². The summed E-state index contributed by atoms with van der Waals surface area (Å²) in [5.41, 5.74) is 5.86. The van der Waals surface area contributed by atoms with Crippen LogP contribution in [-0.2, 0) is 22.3 Å². The number of hydrogen-bond acceptors (Lipinski definition) is 2. The Morgan fingerprint density at radius 1 is 1.04 bits per heavy atom. The highest BCUT2D eigenvalue weighted by atomic mass is 79.9. The lowest BCUT2D eigenvalue weighted by atomic mass is 9.65. The van der Waals surface area contributed by atoms with Crippen molar-refractivity contribution in [1.29, 1.82) is 0 Å². The Labute approximate surface area is 163 Å². The van der Waals surface area contributed by atoms with E-state index in [1.807, 2.05) is 0 Å². The summed E-state index contributed by atoms with van der Waals surface area (Å²) in [4.78, 5) is 0. The Morgan fingerprint density at radius 2 is 1.85 bits per heavy atom. The molecule has 2 aromatic carbocycles. The first-order valence-electron chi connectivity index (χ1n) is 9.52. The molecule has 134 valence electrons. The number of hydrogen-bond donors (Lipinski definition) is 0. The van der Waals surface area contributed by atoms with Gasteiger partial charge in [0.25, 0.3) is 0 Å². The van der Waals surface area contributed by atoms with Gasteiger partial charge in [-0.15, -0.1) is 0 Å². The zero-order chi connectivity index (χ0) is 17.6. The second-order valence-electron chi connectivity index (χ2n) is 7.74. The highest BCUT2D eigenvalue weighted by molar-refractivity contribution is 9.10. The number of allylic oxidation sites excluding steroid dienone is 1. The van der Waals surface area contributed by atoms with Gasteiger partial charge in [-0.1, -0.05) is 64.0 Å². The summed E-state index contributed by atoms with van der Waals surface area (Å²) in [7, 11) is 0. The molecule has 0 aromatic heterocycles. The number of rotatable bonds is 2. The average Bonchev–Trinajstić information content (AvgIpc) is 3.09. The molecule has 2 fully saturated rings. The van der Waals surface area contributed by atoms with Crippen LogP contribution in [0.1, 0.15) is 35.4 Å². The lowest BCUT2D eigenvalue weighted by molar-refractivity contribution is -0.178. The highest BCUT2D eigenvalue weighted by Crippen LogP contribution is 2.52. The molecule has 2 aliphatic carbocycles. The van der Waals surface area contributed by atoms with Crippen molar-refractivity contribution in [2.75, 3.05) is 13.2 Å². The minimum absolute atomic E-state index is 0.394. The molecule has 5 rings (SSSR count). The first-order valence-corrected chi connectivity index (χ1v) is 10.3. The van der Waals surface area contributed by atoms with E-state index in [2.05, 4.69) is 70.5 Å². The van der Waals surface area contributed by atoms with Gasteiger partial charge < -0.3 is 9.47 Å². The largest absolute Gasteiger partial charge is 0.347 e. The van der Waals surface area contributed by atoms with Gasteiger partial charge in [0.2, 0.25) is 0 Å². The van der Waals surface area contributed by atoms with Crippen LogP contribution in [0.25, 0.3) is 0 Å². The first kappa shape index (κ1) is 16.7. The van der Waals surface area contributed by atoms with Crippen molar-refractivity contribution in [3.8, 4) is 0 Å². The summed E-state index contributed by atoms with van der Waals surface area (Å²) in [6, 6.07) is 17.7. The number of ether oxygens (including phenoxy) is 2. The maximum Gasteiger partial charge on any atom is 0.172 e. The van der Waals surface area contributed by atoms with Crippen LogP contribution < -0.4 is 0 Å². The average molecular weight is 411 g/mol. The van der Waals surface area contributed by atoms with Crippen LogP contribution in [0, 0.1) is 5.92 Å². The summed E-state index contributed by atoms with van der Waals surface area (Å²) in [6.45, 7) is 1.44. The minimum atomic E-state index is -0.394. The fourth-order valence-electron chi connectivity index (χ4n) is 5.09. The molecule has 2 atom stereocenters. The quantitative estimate of drug-likeness (QED) is 0.616. The van der Waals surface area contributed by atoms with Gasteiger partial charge in [0, 0.05) is 23.2 Å². The normalized spacial score (nSPS) is 26.3. The zero-order valence-corrected chi connectivity index (χ0v) is 16.4. The summed E-state index contributed by atoms with van der Waals surface area (Å²) >= 11 is 3.64. The van der Waals surface area contributed by atoms with Crippen LogP contribution in [0.3, 0.4) is 0 Å². The van der Waals surface area contributed by atoms with Crippen LogP contribution in [0.5, 0.6) is 0 Å². The van der Waals surface area contributed by atoms with Gasteiger partial charge in [0.15, 0.2) is 5.79 Å². The molecule has 1 saturated heterocycles. The standard InChI is InChI=1S/C23H23BrO2/c24-20-8-9-21-17(13-20)6-7-18-14-23(25-10-11-26-23)15-19(22(18)21)12-16-4-2-1-3-5-16/h1-5,7-9,13,19,22H,6,10-12,14-15H2/t19-,22-/m1/s1. The Morgan fingerprint density at radius 3 is 2.65 bits per heavy atom. The van der Waals surface area contributed by atoms with Gasteiger partial charge >= 0.3 is 0 Å². The summed E-state index contributed by atoms with van der Waals surface area (Å²) in [6.07, 6.45) is 6.39. The SMILES string of the molecule is Brc1ccc2c(c1)CC=C1CC3(C[C@@H](Cc4ccccc4)[C@@H]12)OCCO3. The van der Waals surface area contributed by atoms with Crippen molar-refractivity contribution in [3.05, 3.63) is 81.3 Å². The topological polar surface area (TPSA) is 18.5 Å². The van der Waals surface area contributed by atoms with Crippen molar-refractivity contribution in [1.82, 2.24) is 0 Å². The monoisotopic (exact) mass is 410 g/mol. The van der Waals surface area contributed by atoms with Gasteiger partial charge in [-0.2, -0.15) is 0 Å². The molecular formula is C23H23BrO2. The fourth-order valence-corrected chi connectivity index (χ4v) is 5.49. The highest BCUT2D eigenvalue weighted by Gasteiger charge is 2.48. The Hall–Kier alpha value is -1.42. The number of benzene rings is 2. The van der Waals surface area contributed by atoms with E-state index in [4.69, 9.17) is 9.47 Å². The second kappa shape index (κ2) is 6.63. The summed E-state index contributed by atoms with van der Waals surface area (Å²) in [5.74, 6) is 0.579. The molecule has 1 heterocycles. The van der Waals surface area contributed by atoms with E-state index in [0.29, 0.717) is 11.8 Å². The Balaban J connectivity index is 1.55. The maximum absolute atomic E-state index is 6.13. The summed E-state index contributed by atoms with van der Waals surface area (Å²) < 4.78 is 13.4. The fraction of sp³-hybridized carbons (Fsp3) is 0.391. The molecule has 0 unspecified atom stereocenters. The number of fused-ring (bicyclic) bond motifs is 3. The maximum atomic E-state index is 6.13.